The summed E-state index contributed by atoms with van der Waals surface area (Å²) in [6.45, 7) is 5.32. The lowest BCUT2D eigenvalue weighted by Gasteiger charge is -2.34. The normalized spacial score (nSPS) is 19.1. The Hall–Kier alpha value is -1.52. The first kappa shape index (κ1) is 12.5. The van der Waals surface area contributed by atoms with Crippen molar-refractivity contribution in [2.24, 2.45) is 12.5 Å². The monoisotopic (exact) mass is 261 g/mol. The van der Waals surface area contributed by atoms with E-state index < -0.39 is 0 Å². The average Bonchev–Trinajstić information content (AvgIpc) is 2.80. The van der Waals surface area contributed by atoms with Gasteiger partial charge >= 0.3 is 0 Å². The number of aromatic nitrogens is 4. The maximum atomic E-state index is 6.12. The van der Waals surface area contributed by atoms with Crippen molar-refractivity contribution in [1.82, 2.24) is 19.3 Å². The summed E-state index contributed by atoms with van der Waals surface area (Å²) in [5.41, 5.74) is 9.42. The lowest BCUT2D eigenvalue weighted by molar-refractivity contribution is 0.185. The Balaban J connectivity index is 2.02. The van der Waals surface area contributed by atoms with E-state index in [0.29, 0.717) is 11.4 Å². The number of aryl methyl sites for hydroxylation is 2. The molecule has 0 amide bonds. The fraction of sp³-hybridized carbons (Fsp3) is 0.714. The molecular formula is C14H23N5. The third kappa shape index (κ3) is 2.01. The second-order valence-electron chi connectivity index (χ2n) is 6.31. The third-order valence-corrected chi connectivity index (χ3v) is 4.52. The van der Waals surface area contributed by atoms with Gasteiger partial charge in [-0.1, -0.05) is 26.2 Å². The molecule has 2 aromatic heterocycles. The van der Waals surface area contributed by atoms with Crippen molar-refractivity contribution in [3.63, 3.8) is 0 Å². The summed E-state index contributed by atoms with van der Waals surface area (Å²) in [6.07, 6.45) is 6.60. The van der Waals surface area contributed by atoms with Crippen LogP contribution in [0.5, 0.6) is 0 Å². The first-order chi connectivity index (χ1) is 9.00. The molecule has 0 unspecified atom stereocenters. The van der Waals surface area contributed by atoms with Crippen LogP contribution in [0, 0.1) is 12.3 Å². The van der Waals surface area contributed by atoms with Gasteiger partial charge in [-0.2, -0.15) is 5.10 Å². The van der Waals surface area contributed by atoms with Crippen molar-refractivity contribution in [3.05, 3.63) is 5.69 Å². The zero-order valence-corrected chi connectivity index (χ0v) is 12.1. The minimum Gasteiger partial charge on any atom is -0.369 e. The summed E-state index contributed by atoms with van der Waals surface area (Å²) >= 11 is 0. The average molecular weight is 261 g/mol. The minimum absolute atomic E-state index is 0.345. The van der Waals surface area contributed by atoms with E-state index in [0.717, 1.165) is 23.4 Å². The van der Waals surface area contributed by atoms with Gasteiger partial charge in [-0.25, -0.2) is 4.98 Å². The predicted octanol–water partition coefficient (Wildman–Crippen LogP) is 2.63. The van der Waals surface area contributed by atoms with E-state index in [2.05, 4.69) is 21.6 Å². The van der Waals surface area contributed by atoms with Gasteiger partial charge in [0.1, 0.15) is 5.52 Å². The number of hydrogen-bond donors (Lipinski definition) is 1. The summed E-state index contributed by atoms with van der Waals surface area (Å²) < 4.78 is 4.06. The molecule has 1 aliphatic carbocycles. The number of imidazole rings is 1. The van der Waals surface area contributed by atoms with Gasteiger partial charge in [0.15, 0.2) is 5.65 Å². The van der Waals surface area contributed by atoms with Crippen LogP contribution in [0.15, 0.2) is 0 Å². The summed E-state index contributed by atoms with van der Waals surface area (Å²) in [7, 11) is 1.97. The molecule has 1 saturated carbocycles. The van der Waals surface area contributed by atoms with Crippen LogP contribution in [0.3, 0.4) is 0 Å². The second kappa shape index (κ2) is 4.25. The molecule has 0 atom stereocenters. The number of nitrogens with two attached hydrogens (primary N) is 1. The highest BCUT2D eigenvalue weighted by molar-refractivity contribution is 5.77. The van der Waals surface area contributed by atoms with Crippen LogP contribution in [0.2, 0.25) is 0 Å². The van der Waals surface area contributed by atoms with Crippen LogP contribution >= 0.6 is 0 Å². The molecule has 0 saturated heterocycles. The van der Waals surface area contributed by atoms with E-state index in [4.69, 9.17) is 5.73 Å². The van der Waals surface area contributed by atoms with Crippen molar-refractivity contribution in [3.8, 4) is 0 Å². The number of hydrogen-bond acceptors (Lipinski definition) is 3. The Morgan fingerprint density at radius 1 is 1.26 bits per heavy atom. The van der Waals surface area contributed by atoms with Crippen LogP contribution in [-0.4, -0.2) is 19.3 Å². The van der Waals surface area contributed by atoms with Crippen molar-refractivity contribution in [2.75, 3.05) is 5.73 Å². The molecule has 2 heterocycles. The molecule has 104 valence electrons. The van der Waals surface area contributed by atoms with Crippen LogP contribution in [-0.2, 0) is 13.6 Å². The lowest BCUT2D eigenvalue weighted by atomic mass is 9.75. The van der Waals surface area contributed by atoms with Crippen molar-refractivity contribution < 1.29 is 0 Å². The van der Waals surface area contributed by atoms with Gasteiger partial charge in [0.05, 0.1) is 5.69 Å². The van der Waals surface area contributed by atoms with Gasteiger partial charge < -0.3 is 5.73 Å². The summed E-state index contributed by atoms with van der Waals surface area (Å²) in [6, 6.07) is 0. The van der Waals surface area contributed by atoms with E-state index in [-0.39, 0.29) is 0 Å². The molecular weight excluding hydrogens is 238 g/mol. The molecule has 0 aliphatic heterocycles. The fourth-order valence-electron chi connectivity index (χ4n) is 3.45. The van der Waals surface area contributed by atoms with Crippen LogP contribution in [0.1, 0.15) is 44.7 Å². The first-order valence-corrected chi connectivity index (χ1v) is 7.15. The maximum Gasteiger partial charge on any atom is 0.202 e. The number of rotatable bonds is 2. The predicted molar refractivity (Wildman–Crippen MR) is 76.8 cm³/mol. The highest BCUT2D eigenvalue weighted by Crippen LogP contribution is 2.38. The van der Waals surface area contributed by atoms with Crippen molar-refractivity contribution in [1.29, 1.82) is 0 Å². The topological polar surface area (TPSA) is 61.7 Å². The summed E-state index contributed by atoms with van der Waals surface area (Å²) in [5.74, 6) is 0.623. The molecule has 5 nitrogen and oxygen atoms in total. The van der Waals surface area contributed by atoms with Gasteiger partial charge in [-0.05, 0) is 25.2 Å². The first-order valence-electron chi connectivity index (χ1n) is 7.15. The Morgan fingerprint density at radius 3 is 2.63 bits per heavy atom. The van der Waals surface area contributed by atoms with Crippen molar-refractivity contribution >= 4 is 17.1 Å². The standard InChI is InChI=1S/C14H23N5/c1-10-11-12(18(3)17-10)19(13(15)16-11)9-14(2)7-5-4-6-8-14/h4-9H2,1-3H3,(H2,15,16). The molecule has 0 bridgehead atoms. The van der Waals surface area contributed by atoms with Gasteiger partial charge in [0.2, 0.25) is 5.95 Å². The fourth-order valence-corrected chi connectivity index (χ4v) is 3.45. The number of nitrogens with zero attached hydrogens (tertiary/aromatic N) is 4. The van der Waals surface area contributed by atoms with Crippen LogP contribution in [0.4, 0.5) is 5.95 Å². The van der Waals surface area contributed by atoms with E-state index >= 15 is 0 Å². The van der Waals surface area contributed by atoms with Crippen LogP contribution in [0.25, 0.3) is 11.2 Å². The van der Waals surface area contributed by atoms with E-state index in [1.807, 2.05) is 18.7 Å². The van der Waals surface area contributed by atoms with E-state index in [9.17, 15) is 0 Å². The quantitative estimate of drug-likeness (QED) is 0.904. The van der Waals surface area contributed by atoms with E-state index in [1.165, 1.54) is 32.1 Å². The molecule has 1 aliphatic rings. The highest BCUT2D eigenvalue weighted by atomic mass is 15.3. The van der Waals surface area contributed by atoms with Gasteiger partial charge in [0.25, 0.3) is 0 Å². The zero-order chi connectivity index (χ0) is 13.6. The number of nitrogen functional groups attached to an aromatic ring is 1. The molecule has 2 aromatic rings. The molecule has 19 heavy (non-hydrogen) atoms. The number of anilines is 1. The molecule has 3 rings (SSSR count). The van der Waals surface area contributed by atoms with E-state index in [1.54, 1.807) is 0 Å². The lowest BCUT2D eigenvalue weighted by Crippen LogP contribution is -2.27. The second-order valence-corrected chi connectivity index (χ2v) is 6.31. The Kier molecular flexibility index (Phi) is 2.80. The smallest absolute Gasteiger partial charge is 0.202 e. The summed E-state index contributed by atoms with van der Waals surface area (Å²) in [4.78, 5) is 4.49. The molecule has 1 fully saturated rings. The van der Waals surface area contributed by atoms with Gasteiger partial charge in [-0.15, -0.1) is 0 Å². The van der Waals surface area contributed by atoms with Gasteiger partial charge in [-0.3, -0.25) is 9.25 Å². The van der Waals surface area contributed by atoms with Crippen LogP contribution < -0.4 is 5.73 Å². The summed E-state index contributed by atoms with van der Waals surface area (Å²) in [5, 5.41) is 4.45. The Bertz CT molecular complexity index is 601. The molecule has 0 aromatic carbocycles. The molecule has 5 heteroatoms. The highest BCUT2D eigenvalue weighted by Gasteiger charge is 2.29. The molecule has 2 N–H and O–H groups in total. The Labute approximate surface area is 113 Å². The SMILES string of the molecule is Cc1nn(C)c2c1nc(N)n2CC1(C)CCCCC1. The largest absolute Gasteiger partial charge is 0.369 e. The maximum absolute atomic E-state index is 6.12. The Morgan fingerprint density at radius 2 is 1.95 bits per heavy atom. The molecule has 0 spiro atoms. The third-order valence-electron chi connectivity index (χ3n) is 4.52. The van der Waals surface area contributed by atoms with Crippen molar-refractivity contribution in [2.45, 2.75) is 52.5 Å². The molecule has 0 radical (unpaired) electrons. The van der Waals surface area contributed by atoms with Gasteiger partial charge in [0, 0.05) is 13.6 Å². The number of fused-ring (bicyclic) bond motifs is 1. The minimum atomic E-state index is 0.345. The zero-order valence-electron chi connectivity index (χ0n) is 12.1.